The fourth-order valence-corrected chi connectivity index (χ4v) is 4.53. The Hall–Kier alpha value is -2.73. The standard InChI is InChI=1S/C24H27N3O2S/c1-3-29-21-11-8-19(9-12-21)25-24-26-23(28)22(30-24)16-18-7-10-20(15-17(18)2)27-13-5-4-6-14-27/h7-12,15-16H,3-6,13-14H2,1-2H3,(H,25,26,28)/b22-16+. The summed E-state index contributed by atoms with van der Waals surface area (Å²) in [4.78, 5) is 20.1. The summed E-state index contributed by atoms with van der Waals surface area (Å²) in [7, 11) is 0. The van der Waals surface area contributed by atoms with Gasteiger partial charge >= 0.3 is 0 Å². The molecule has 2 aromatic carbocycles. The molecular formula is C24H27N3O2S. The van der Waals surface area contributed by atoms with Crippen LogP contribution in [0.3, 0.4) is 0 Å². The zero-order valence-electron chi connectivity index (χ0n) is 17.5. The Kier molecular flexibility index (Phi) is 6.43. The lowest BCUT2D eigenvalue weighted by Crippen LogP contribution is -2.29. The first kappa shape index (κ1) is 20.5. The Labute approximate surface area is 182 Å². The van der Waals surface area contributed by atoms with Gasteiger partial charge in [0.25, 0.3) is 5.91 Å². The Morgan fingerprint density at radius 1 is 1.13 bits per heavy atom. The van der Waals surface area contributed by atoms with Crippen LogP contribution < -0.4 is 15.0 Å². The van der Waals surface area contributed by atoms with Crippen molar-refractivity contribution in [1.29, 1.82) is 0 Å². The molecule has 0 aliphatic carbocycles. The molecule has 1 amide bonds. The van der Waals surface area contributed by atoms with Crippen molar-refractivity contribution in [1.82, 2.24) is 5.32 Å². The normalized spacial score (nSPS) is 19.4. The van der Waals surface area contributed by atoms with Crippen molar-refractivity contribution < 1.29 is 9.53 Å². The number of amides is 1. The van der Waals surface area contributed by atoms with Crippen LogP contribution in [0.2, 0.25) is 0 Å². The van der Waals surface area contributed by atoms with E-state index < -0.39 is 0 Å². The van der Waals surface area contributed by atoms with Crippen LogP contribution in [0.15, 0.2) is 52.4 Å². The monoisotopic (exact) mass is 421 g/mol. The van der Waals surface area contributed by atoms with Gasteiger partial charge < -0.3 is 15.0 Å². The van der Waals surface area contributed by atoms with E-state index in [1.165, 1.54) is 42.3 Å². The van der Waals surface area contributed by atoms with Crippen molar-refractivity contribution in [3.8, 4) is 5.75 Å². The molecule has 1 N–H and O–H groups in total. The smallest absolute Gasteiger partial charge is 0.264 e. The minimum absolute atomic E-state index is 0.107. The van der Waals surface area contributed by atoms with Gasteiger partial charge in [0.1, 0.15) is 5.75 Å². The summed E-state index contributed by atoms with van der Waals surface area (Å²) in [5.74, 6) is 0.706. The molecule has 2 aliphatic heterocycles. The molecule has 0 radical (unpaired) electrons. The second kappa shape index (κ2) is 9.39. The lowest BCUT2D eigenvalue weighted by Gasteiger charge is -2.29. The molecular weight excluding hydrogens is 394 g/mol. The average Bonchev–Trinajstić information content (AvgIpc) is 3.10. The van der Waals surface area contributed by atoms with E-state index in [0.29, 0.717) is 16.7 Å². The SMILES string of the molecule is CCOc1ccc(N=C2NC(=O)/C(=C\c3ccc(N4CCCCC4)cc3C)S2)cc1. The van der Waals surface area contributed by atoms with Gasteiger partial charge in [0.15, 0.2) is 5.17 Å². The van der Waals surface area contributed by atoms with E-state index in [1.54, 1.807) is 0 Å². The minimum atomic E-state index is -0.107. The molecule has 2 heterocycles. The van der Waals surface area contributed by atoms with Gasteiger partial charge in [-0.2, -0.15) is 0 Å². The number of piperidine rings is 1. The summed E-state index contributed by atoms with van der Waals surface area (Å²) in [6.45, 7) is 6.95. The summed E-state index contributed by atoms with van der Waals surface area (Å²) in [5, 5.41) is 3.46. The number of carbonyl (C=O) groups excluding carboxylic acids is 1. The van der Waals surface area contributed by atoms with Crippen molar-refractivity contribution in [2.75, 3.05) is 24.6 Å². The number of nitrogens with one attached hydrogen (secondary N) is 1. The van der Waals surface area contributed by atoms with Gasteiger partial charge in [-0.05, 0) is 98.5 Å². The van der Waals surface area contributed by atoms with Crippen molar-refractivity contribution in [3.05, 3.63) is 58.5 Å². The second-order valence-electron chi connectivity index (χ2n) is 7.50. The average molecular weight is 422 g/mol. The summed E-state index contributed by atoms with van der Waals surface area (Å²) in [6, 6.07) is 14.0. The number of hydrogen-bond acceptors (Lipinski definition) is 5. The Bertz CT molecular complexity index is 976. The molecule has 5 nitrogen and oxygen atoms in total. The van der Waals surface area contributed by atoms with Crippen LogP contribution in [-0.4, -0.2) is 30.8 Å². The van der Waals surface area contributed by atoms with E-state index in [1.807, 2.05) is 37.3 Å². The van der Waals surface area contributed by atoms with Crippen LogP contribution in [0.5, 0.6) is 5.75 Å². The maximum Gasteiger partial charge on any atom is 0.264 e. The highest BCUT2D eigenvalue weighted by molar-refractivity contribution is 8.18. The van der Waals surface area contributed by atoms with Gasteiger partial charge in [0, 0.05) is 18.8 Å². The van der Waals surface area contributed by atoms with Gasteiger partial charge in [-0.3, -0.25) is 4.79 Å². The number of aryl methyl sites for hydroxylation is 1. The molecule has 0 spiro atoms. The zero-order valence-corrected chi connectivity index (χ0v) is 18.3. The largest absolute Gasteiger partial charge is 0.494 e. The number of nitrogens with zero attached hydrogens (tertiary/aromatic N) is 2. The zero-order chi connectivity index (χ0) is 20.9. The summed E-state index contributed by atoms with van der Waals surface area (Å²) >= 11 is 1.37. The number of amidine groups is 1. The van der Waals surface area contributed by atoms with Gasteiger partial charge in [-0.15, -0.1) is 0 Å². The molecule has 0 unspecified atom stereocenters. The molecule has 2 saturated heterocycles. The third-order valence-electron chi connectivity index (χ3n) is 5.29. The second-order valence-corrected chi connectivity index (χ2v) is 8.53. The van der Waals surface area contributed by atoms with Gasteiger partial charge in [-0.25, -0.2) is 4.99 Å². The highest BCUT2D eigenvalue weighted by Gasteiger charge is 2.24. The predicted octanol–water partition coefficient (Wildman–Crippen LogP) is 5.28. The number of ether oxygens (including phenoxy) is 1. The van der Waals surface area contributed by atoms with Crippen LogP contribution in [0, 0.1) is 6.92 Å². The first-order valence-corrected chi connectivity index (χ1v) is 11.3. The van der Waals surface area contributed by atoms with E-state index in [9.17, 15) is 4.79 Å². The molecule has 0 atom stereocenters. The number of aliphatic imine (C=N–C) groups is 1. The number of hydrogen-bond donors (Lipinski definition) is 1. The first-order chi connectivity index (χ1) is 14.6. The number of thioether (sulfide) groups is 1. The van der Waals surface area contributed by atoms with Crippen molar-refractivity contribution in [2.45, 2.75) is 33.1 Å². The predicted molar refractivity (Wildman–Crippen MR) is 126 cm³/mol. The maximum absolute atomic E-state index is 12.4. The topological polar surface area (TPSA) is 53.9 Å². The number of anilines is 1. The molecule has 2 aromatic rings. The number of rotatable bonds is 5. The van der Waals surface area contributed by atoms with Gasteiger partial charge in [-0.1, -0.05) is 6.07 Å². The van der Waals surface area contributed by atoms with Crippen LogP contribution in [0.1, 0.15) is 37.3 Å². The van der Waals surface area contributed by atoms with Gasteiger partial charge in [0.2, 0.25) is 0 Å². The third-order valence-corrected chi connectivity index (χ3v) is 6.20. The van der Waals surface area contributed by atoms with Crippen molar-refractivity contribution in [2.24, 2.45) is 4.99 Å². The van der Waals surface area contributed by atoms with E-state index in [4.69, 9.17) is 4.74 Å². The molecule has 0 saturated carbocycles. The summed E-state index contributed by atoms with van der Waals surface area (Å²) < 4.78 is 5.45. The molecule has 0 bridgehead atoms. The molecule has 2 fully saturated rings. The fraction of sp³-hybridized carbons (Fsp3) is 0.333. The van der Waals surface area contributed by atoms with Crippen LogP contribution >= 0.6 is 11.8 Å². The highest BCUT2D eigenvalue weighted by Crippen LogP contribution is 2.30. The first-order valence-electron chi connectivity index (χ1n) is 10.5. The Morgan fingerprint density at radius 2 is 1.90 bits per heavy atom. The fourth-order valence-electron chi connectivity index (χ4n) is 3.69. The summed E-state index contributed by atoms with van der Waals surface area (Å²) in [5.41, 5.74) is 4.30. The Balaban J connectivity index is 1.48. The van der Waals surface area contributed by atoms with Crippen LogP contribution in [-0.2, 0) is 4.79 Å². The third kappa shape index (κ3) is 4.87. The van der Waals surface area contributed by atoms with Crippen LogP contribution in [0.4, 0.5) is 11.4 Å². The van der Waals surface area contributed by atoms with E-state index in [-0.39, 0.29) is 5.91 Å². The Morgan fingerprint density at radius 3 is 2.60 bits per heavy atom. The summed E-state index contributed by atoms with van der Waals surface area (Å²) in [6.07, 6.45) is 5.80. The lowest BCUT2D eigenvalue weighted by molar-refractivity contribution is -0.115. The van der Waals surface area contributed by atoms with Crippen molar-refractivity contribution in [3.63, 3.8) is 0 Å². The lowest BCUT2D eigenvalue weighted by atomic mass is 10.0. The molecule has 30 heavy (non-hydrogen) atoms. The maximum atomic E-state index is 12.4. The van der Waals surface area contributed by atoms with E-state index in [2.05, 4.69) is 40.3 Å². The number of benzene rings is 2. The minimum Gasteiger partial charge on any atom is -0.494 e. The van der Waals surface area contributed by atoms with Gasteiger partial charge in [0.05, 0.1) is 17.2 Å². The molecule has 2 aliphatic rings. The van der Waals surface area contributed by atoms with Crippen LogP contribution in [0.25, 0.3) is 6.08 Å². The molecule has 6 heteroatoms. The molecule has 156 valence electrons. The number of carbonyl (C=O) groups is 1. The van der Waals surface area contributed by atoms with E-state index >= 15 is 0 Å². The molecule has 4 rings (SSSR count). The quantitative estimate of drug-likeness (QED) is 0.668. The molecule has 0 aromatic heterocycles. The highest BCUT2D eigenvalue weighted by atomic mass is 32.2. The van der Waals surface area contributed by atoms with E-state index in [0.717, 1.165) is 30.1 Å². The van der Waals surface area contributed by atoms with Crippen molar-refractivity contribution >= 4 is 40.3 Å².